The Balaban J connectivity index is 1.21. The van der Waals surface area contributed by atoms with Crippen molar-refractivity contribution < 1.29 is 23.5 Å². The lowest BCUT2D eigenvalue weighted by Gasteiger charge is -2.34. The van der Waals surface area contributed by atoms with E-state index in [1.54, 1.807) is 17.5 Å². The van der Waals surface area contributed by atoms with Crippen LogP contribution in [0.15, 0.2) is 64.6 Å². The number of amides is 3. The van der Waals surface area contributed by atoms with Crippen LogP contribution in [0.4, 0.5) is 5.13 Å². The maximum absolute atomic E-state index is 12.8. The van der Waals surface area contributed by atoms with Gasteiger partial charge in [0.25, 0.3) is 5.91 Å². The number of nitrogens with zero attached hydrogens (tertiary/aromatic N) is 4. The number of furan rings is 1. The van der Waals surface area contributed by atoms with Crippen LogP contribution in [-0.4, -0.2) is 96.9 Å². The molecule has 0 atom stereocenters. The second kappa shape index (κ2) is 14.4. The Morgan fingerprint density at radius 1 is 1.13 bits per heavy atom. The normalized spacial score (nSPS) is 14.0. The quantitative estimate of drug-likeness (QED) is 0.369. The minimum Gasteiger partial charge on any atom is -0.459 e. The van der Waals surface area contributed by atoms with E-state index in [-0.39, 0.29) is 37.8 Å². The SMILES string of the molecule is COCCN(CC(=O)Nc1nc(CC(=O)N2CCN(CC=Cc3ccccc3)CC2)cs1)C(=O)c1ccco1. The molecule has 1 N–H and O–H groups in total. The monoisotopic (exact) mass is 551 g/mol. The van der Waals surface area contributed by atoms with Crippen molar-refractivity contribution in [3.63, 3.8) is 0 Å². The van der Waals surface area contributed by atoms with E-state index in [2.05, 4.69) is 39.5 Å². The van der Waals surface area contributed by atoms with E-state index >= 15 is 0 Å². The number of carbonyl (C=O) groups excluding carboxylic acids is 3. The van der Waals surface area contributed by atoms with Crippen molar-refractivity contribution in [1.29, 1.82) is 0 Å². The van der Waals surface area contributed by atoms with E-state index in [4.69, 9.17) is 9.15 Å². The van der Waals surface area contributed by atoms with Crippen molar-refractivity contribution in [2.75, 3.05) is 64.8 Å². The zero-order valence-electron chi connectivity index (χ0n) is 22.0. The number of carbonyl (C=O) groups is 3. The van der Waals surface area contributed by atoms with E-state index in [1.165, 1.54) is 35.2 Å². The summed E-state index contributed by atoms with van der Waals surface area (Å²) in [5, 5.41) is 4.88. The van der Waals surface area contributed by atoms with Crippen LogP contribution in [0.5, 0.6) is 0 Å². The largest absolute Gasteiger partial charge is 0.459 e. The zero-order valence-corrected chi connectivity index (χ0v) is 22.8. The van der Waals surface area contributed by atoms with Crippen molar-refractivity contribution in [2.45, 2.75) is 6.42 Å². The molecule has 0 radical (unpaired) electrons. The van der Waals surface area contributed by atoms with Crippen LogP contribution in [0.2, 0.25) is 0 Å². The van der Waals surface area contributed by atoms with Gasteiger partial charge in [0, 0.05) is 51.8 Å². The van der Waals surface area contributed by atoms with Crippen LogP contribution in [-0.2, 0) is 20.7 Å². The van der Waals surface area contributed by atoms with Crippen LogP contribution in [0.1, 0.15) is 21.8 Å². The van der Waals surface area contributed by atoms with Gasteiger partial charge in [0.05, 0.1) is 25.0 Å². The highest BCUT2D eigenvalue weighted by Crippen LogP contribution is 2.17. The van der Waals surface area contributed by atoms with Crippen LogP contribution >= 0.6 is 11.3 Å². The molecule has 10 nitrogen and oxygen atoms in total. The molecule has 1 aliphatic heterocycles. The molecule has 1 aromatic carbocycles. The fourth-order valence-corrected chi connectivity index (χ4v) is 4.86. The van der Waals surface area contributed by atoms with Crippen molar-refractivity contribution in [1.82, 2.24) is 19.7 Å². The first-order valence-corrected chi connectivity index (χ1v) is 13.7. The molecule has 206 valence electrons. The topological polar surface area (TPSA) is 108 Å². The number of hydrogen-bond donors (Lipinski definition) is 1. The number of anilines is 1. The first-order chi connectivity index (χ1) is 19.0. The van der Waals surface area contributed by atoms with Gasteiger partial charge in [-0.3, -0.25) is 19.3 Å². The number of nitrogens with one attached hydrogen (secondary N) is 1. The zero-order chi connectivity index (χ0) is 27.5. The molecule has 4 rings (SSSR count). The highest BCUT2D eigenvalue weighted by molar-refractivity contribution is 7.13. The minimum atomic E-state index is -0.398. The average molecular weight is 552 g/mol. The molecule has 1 fully saturated rings. The Labute approximate surface area is 231 Å². The maximum atomic E-state index is 12.8. The number of rotatable bonds is 12. The molecule has 39 heavy (non-hydrogen) atoms. The molecular weight excluding hydrogens is 518 g/mol. The molecule has 3 amide bonds. The predicted octanol–water partition coefficient (Wildman–Crippen LogP) is 2.86. The second-order valence-corrected chi connectivity index (χ2v) is 9.92. The Hall–Kier alpha value is -3.80. The molecule has 1 saturated heterocycles. The summed E-state index contributed by atoms with van der Waals surface area (Å²) >= 11 is 1.25. The first-order valence-electron chi connectivity index (χ1n) is 12.8. The van der Waals surface area contributed by atoms with Gasteiger partial charge in [-0.25, -0.2) is 4.98 Å². The molecule has 3 heterocycles. The third kappa shape index (κ3) is 8.60. The number of ether oxygens (including phenoxy) is 1. The Morgan fingerprint density at radius 3 is 2.64 bits per heavy atom. The van der Waals surface area contributed by atoms with Crippen LogP contribution in [0, 0.1) is 0 Å². The standard InChI is InChI=1S/C28H33N5O5S/c1-37-18-16-33(27(36)24-10-6-17-38-24)20-25(34)30-28-29-23(21-39-28)19-26(35)32-14-12-31(13-15-32)11-5-9-22-7-3-2-4-8-22/h2-10,17,21H,11-16,18-20H2,1H3,(H,29,30,34). The lowest BCUT2D eigenvalue weighted by molar-refractivity contribution is -0.132. The summed E-state index contributed by atoms with van der Waals surface area (Å²) in [4.78, 5) is 48.1. The van der Waals surface area contributed by atoms with E-state index in [1.807, 2.05) is 23.1 Å². The van der Waals surface area contributed by atoms with Gasteiger partial charge in [-0.15, -0.1) is 11.3 Å². The summed E-state index contributed by atoms with van der Waals surface area (Å²) in [5.41, 5.74) is 1.78. The molecule has 0 spiro atoms. The smallest absolute Gasteiger partial charge is 0.290 e. The molecule has 0 bridgehead atoms. The van der Waals surface area contributed by atoms with Gasteiger partial charge in [-0.05, 0) is 17.7 Å². The summed E-state index contributed by atoms with van der Waals surface area (Å²) in [6.07, 6.45) is 5.85. The van der Waals surface area contributed by atoms with Crippen LogP contribution in [0.25, 0.3) is 6.08 Å². The molecule has 0 aliphatic carbocycles. The molecule has 0 unspecified atom stereocenters. The van der Waals surface area contributed by atoms with Gasteiger partial charge >= 0.3 is 0 Å². The van der Waals surface area contributed by atoms with Crippen LogP contribution in [0.3, 0.4) is 0 Å². The number of piperazine rings is 1. The van der Waals surface area contributed by atoms with Gasteiger partial charge in [-0.2, -0.15) is 0 Å². The van der Waals surface area contributed by atoms with Gasteiger partial charge in [0.2, 0.25) is 11.8 Å². The number of thiazole rings is 1. The Kier molecular flexibility index (Phi) is 10.4. The average Bonchev–Trinajstić information content (AvgIpc) is 3.64. The summed E-state index contributed by atoms with van der Waals surface area (Å²) in [6, 6.07) is 13.4. The highest BCUT2D eigenvalue weighted by atomic mass is 32.1. The number of methoxy groups -OCH3 is 1. The van der Waals surface area contributed by atoms with Gasteiger partial charge in [0.1, 0.15) is 6.54 Å². The first kappa shape index (κ1) is 28.2. The van der Waals surface area contributed by atoms with Crippen LogP contribution < -0.4 is 5.32 Å². The van der Waals surface area contributed by atoms with Crippen molar-refractivity contribution in [3.8, 4) is 0 Å². The van der Waals surface area contributed by atoms with E-state index in [0.29, 0.717) is 23.9 Å². The van der Waals surface area contributed by atoms with Gasteiger partial charge in [0.15, 0.2) is 10.9 Å². The van der Waals surface area contributed by atoms with Crippen molar-refractivity contribution >= 4 is 40.3 Å². The third-order valence-corrected chi connectivity index (χ3v) is 7.05. The number of hydrogen-bond acceptors (Lipinski definition) is 8. The number of aromatic nitrogens is 1. The van der Waals surface area contributed by atoms with Gasteiger partial charge < -0.3 is 24.3 Å². The third-order valence-electron chi connectivity index (χ3n) is 6.25. The van der Waals surface area contributed by atoms with E-state index in [9.17, 15) is 14.4 Å². The molecule has 1 aliphatic rings. The molecule has 2 aromatic heterocycles. The lowest BCUT2D eigenvalue weighted by atomic mass is 10.2. The van der Waals surface area contributed by atoms with E-state index < -0.39 is 11.8 Å². The summed E-state index contributed by atoms with van der Waals surface area (Å²) < 4.78 is 10.2. The van der Waals surface area contributed by atoms with Gasteiger partial charge in [-0.1, -0.05) is 42.5 Å². The fraction of sp³-hybridized carbons (Fsp3) is 0.357. The summed E-state index contributed by atoms with van der Waals surface area (Å²) in [5.74, 6) is -0.619. The Morgan fingerprint density at radius 2 is 1.92 bits per heavy atom. The molecular formula is C28H33N5O5S. The maximum Gasteiger partial charge on any atom is 0.290 e. The minimum absolute atomic E-state index is 0.0208. The Bertz CT molecular complexity index is 1240. The van der Waals surface area contributed by atoms with Crippen molar-refractivity contribution in [3.05, 3.63) is 77.2 Å². The summed E-state index contributed by atoms with van der Waals surface area (Å²) in [6.45, 7) is 4.17. The lowest BCUT2D eigenvalue weighted by Crippen LogP contribution is -2.49. The predicted molar refractivity (Wildman–Crippen MR) is 149 cm³/mol. The van der Waals surface area contributed by atoms with Crippen molar-refractivity contribution in [2.24, 2.45) is 0 Å². The number of benzene rings is 1. The molecule has 0 saturated carbocycles. The summed E-state index contributed by atoms with van der Waals surface area (Å²) in [7, 11) is 1.53. The fourth-order valence-electron chi connectivity index (χ4n) is 4.14. The molecule has 11 heteroatoms. The molecule has 3 aromatic rings. The van der Waals surface area contributed by atoms with E-state index in [0.717, 1.165) is 19.6 Å². The second-order valence-electron chi connectivity index (χ2n) is 9.06. The highest BCUT2D eigenvalue weighted by Gasteiger charge is 2.23.